The molecule has 0 saturated heterocycles. The molecular weight excluding hydrogens is 334 g/mol. The van der Waals surface area contributed by atoms with Crippen LogP contribution in [0.1, 0.15) is 35.7 Å². The second-order valence-electron chi connectivity index (χ2n) is 5.33. The van der Waals surface area contributed by atoms with Crippen molar-refractivity contribution < 1.29 is 4.79 Å². The number of hydrogen-bond acceptors (Lipinski definition) is 7. The summed E-state index contributed by atoms with van der Waals surface area (Å²) in [5.74, 6) is 0.516. The molecule has 1 aliphatic rings. The smallest absolute Gasteiger partial charge is 0.257 e. The Hall–Kier alpha value is -1.74. The number of carbonyl (C=O) groups excluding carboxylic acids is 1. The van der Waals surface area contributed by atoms with Gasteiger partial charge in [0.15, 0.2) is 5.16 Å². The van der Waals surface area contributed by atoms with Gasteiger partial charge in [0.25, 0.3) is 5.56 Å². The number of anilines is 1. The molecule has 23 heavy (non-hydrogen) atoms. The van der Waals surface area contributed by atoms with E-state index in [9.17, 15) is 9.59 Å². The van der Waals surface area contributed by atoms with E-state index >= 15 is 0 Å². The second kappa shape index (κ2) is 6.40. The zero-order valence-corrected chi connectivity index (χ0v) is 14.8. The average Bonchev–Trinajstić information content (AvgIpc) is 3.06. The van der Waals surface area contributed by atoms with Crippen LogP contribution in [0.5, 0.6) is 0 Å². The molecule has 0 fully saturated rings. The van der Waals surface area contributed by atoms with E-state index in [0.29, 0.717) is 22.5 Å². The molecule has 3 heterocycles. The topological polar surface area (TPSA) is 89.8 Å². The number of carbonyl (C=O) groups is 1. The molecule has 0 bridgehead atoms. The number of amides is 1. The Labute approximate surface area is 141 Å². The molecule has 9 heteroatoms. The Morgan fingerprint density at radius 1 is 1.39 bits per heavy atom. The van der Waals surface area contributed by atoms with Gasteiger partial charge in [-0.2, -0.15) is 0 Å². The maximum Gasteiger partial charge on any atom is 0.257 e. The lowest BCUT2D eigenvalue weighted by Gasteiger charge is -2.14. The maximum absolute atomic E-state index is 12.6. The lowest BCUT2D eigenvalue weighted by Crippen LogP contribution is -2.30. The first-order chi connectivity index (χ1) is 11.0. The fourth-order valence-corrected chi connectivity index (χ4v) is 4.40. The van der Waals surface area contributed by atoms with Gasteiger partial charge in [-0.15, -0.1) is 10.2 Å². The number of hydrogen-bond donors (Lipinski definition) is 1. The molecule has 122 valence electrons. The zero-order valence-electron chi connectivity index (χ0n) is 13.1. The standard InChI is InChI=1S/C14H17N5O2S2/c1-4-10-7(2)15-14-19(12(10)21)9(6-22-14)5-11(20)16-13-18-17-8(3)23-13/h9H,4-6H2,1-3H3,(H,16,18,20). The van der Waals surface area contributed by atoms with Crippen LogP contribution < -0.4 is 10.9 Å². The molecule has 7 nitrogen and oxygen atoms in total. The highest BCUT2D eigenvalue weighted by Gasteiger charge is 2.29. The van der Waals surface area contributed by atoms with Crippen molar-refractivity contribution in [2.24, 2.45) is 0 Å². The number of aryl methyl sites for hydroxylation is 2. The number of nitrogens with zero attached hydrogens (tertiary/aromatic N) is 4. The number of fused-ring (bicyclic) bond motifs is 1. The van der Waals surface area contributed by atoms with E-state index in [1.807, 2.05) is 20.8 Å². The summed E-state index contributed by atoms with van der Waals surface area (Å²) >= 11 is 2.85. The van der Waals surface area contributed by atoms with E-state index in [4.69, 9.17) is 0 Å². The summed E-state index contributed by atoms with van der Waals surface area (Å²) in [5, 5.41) is 12.5. The van der Waals surface area contributed by atoms with Crippen molar-refractivity contribution in [3.63, 3.8) is 0 Å². The number of thioether (sulfide) groups is 1. The number of rotatable bonds is 4. The molecule has 0 aliphatic carbocycles. The molecule has 2 aromatic heterocycles. The van der Waals surface area contributed by atoms with Gasteiger partial charge in [0.2, 0.25) is 11.0 Å². The second-order valence-corrected chi connectivity index (χ2v) is 7.50. The van der Waals surface area contributed by atoms with Gasteiger partial charge in [-0.3, -0.25) is 14.2 Å². The van der Waals surface area contributed by atoms with Gasteiger partial charge < -0.3 is 5.32 Å². The lowest BCUT2D eigenvalue weighted by molar-refractivity contribution is -0.116. The van der Waals surface area contributed by atoms with Crippen LogP contribution >= 0.6 is 23.1 Å². The number of nitrogens with one attached hydrogen (secondary N) is 1. The van der Waals surface area contributed by atoms with Crippen molar-refractivity contribution in [3.8, 4) is 0 Å². The highest BCUT2D eigenvalue weighted by atomic mass is 32.2. The van der Waals surface area contributed by atoms with Crippen molar-refractivity contribution in [2.45, 2.75) is 44.8 Å². The molecule has 0 radical (unpaired) electrons. The summed E-state index contributed by atoms with van der Waals surface area (Å²) < 4.78 is 1.67. The fourth-order valence-electron chi connectivity index (χ4n) is 2.61. The predicted molar refractivity (Wildman–Crippen MR) is 90.3 cm³/mol. The Bertz CT molecular complexity index is 814. The summed E-state index contributed by atoms with van der Waals surface area (Å²) in [6.07, 6.45) is 0.873. The van der Waals surface area contributed by atoms with E-state index in [1.54, 1.807) is 4.57 Å². The molecule has 1 aliphatic heterocycles. The summed E-state index contributed by atoms with van der Waals surface area (Å²) in [5.41, 5.74) is 1.48. The van der Waals surface area contributed by atoms with Crippen LogP contribution in [-0.4, -0.2) is 31.4 Å². The van der Waals surface area contributed by atoms with Crippen molar-refractivity contribution in [1.29, 1.82) is 0 Å². The van der Waals surface area contributed by atoms with Gasteiger partial charge in [-0.25, -0.2) is 4.98 Å². The number of aromatic nitrogens is 4. The highest BCUT2D eigenvalue weighted by Crippen LogP contribution is 2.32. The Morgan fingerprint density at radius 3 is 2.83 bits per heavy atom. The predicted octanol–water partition coefficient (Wildman–Crippen LogP) is 1.95. The van der Waals surface area contributed by atoms with Crippen LogP contribution in [0, 0.1) is 13.8 Å². The average molecular weight is 351 g/mol. The third-order valence-electron chi connectivity index (χ3n) is 3.70. The summed E-state index contributed by atoms with van der Waals surface area (Å²) in [6, 6.07) is -0.171. The fraction of sp³-hybridized carbons (Fsp3) is 0.500. The molecule has 1 N–H and O–H groups in total. The lowest BCUT2D eigenvalue weighted by atomic mass is 10.1. The highest BCUT2D eigenvalue weighted by molar-refractivity contribution is 7.99. The monoisotopic (exact) mass is 351 g/mol. The van der Waals surface area contributed by atoms with Gasteiger partial charge in [0, 0.05) is 23.4 Å². The molecule has 0 saturated carbocycles. The van der Waals surface area contributed by atoms with Crippen molar-refractivity contribution in [2.75, 3.05) is 11.1 Å². The first-order valence-corrected chi connectivity index (χ1v) is 9.14. The van der Waals surface area contributed by atoms with Crippen LogP contribution in [0.4, 0.5) is 5.13 Å². The third kappa shape index (κ3) is 3.16. The summed E-state index contributed by atoms with van der Waals surface area (Å²) in [7, 11) is 0. The van der Waals surface area contributed by atoms with E-state index in [1.165, 1.54) is 23.1 Å². The van der Waals surface area contributed by atoms with Crippen molar-refractivity contribution in [1.82, 2.24) is 19.7 Å². The molecule has 2 aromatic rings. The third-order valence-corrected chi connectivity index (χ3v) is 5.55. The molecule has 1 unspecified atom stereocenters. The molecular formula is C14H17N5O2S2. The van der Waals surface area contributed by atoms with Gasteiger partial charge in [0.1, 0.15) is 5.01 Å². The van der Waals surface area contributed by atoms with Crippen LogP contribution in [0.15, 0.2) is 9.95 Å². The van der Waals surface area contributed by atoms with Gasteiger partial charge in [-0.05, 0) is 20.3 Å². The maximum atomic E-state index is 12.6. The molecule has 0 aromatic carbocycles. The Kier molecular flexibility index (Phi) is 4.49. The van der Waals surface area contributed by atoms with E-state index in [0.717, 1.165) is 16.3 Å². The molecule has 3 rings (SSSR count). The molecule has 0 spiro atoms. The zero-order chi connectivity index (χ0) is 16.6. The Morgan fingerprint density at radius 2 is 2.17 bits per heavy atom. The normalized spacial score (nSPS) is 16.4. The summed E-state index contributed by atoms with van der Waals surface area (Å²) in [4.78, 5) is 29.3. The van der Waals surface area contributed by atoms with Crippen LogP contribution in [0.2, 0.25) is 0 Å². The van der Waals surface area contributed by atoms with Crippen LogP contribution in [-0.2, 0) is 11.2 Å². The molecule has 1 atom stereocenters. The van der Waals surface area contributed by atoms with E-state index in [-0.39, 0.29) is 23.9 Å². The first kappa shape index (κ1) is 16.1. The first-order valence-electron chi connectivity index (χ1n) is 7.34. The van der Waals surface area contributed by atoms with Crippen LogP contribution in [0.25, 0.3) is 0 Å². The molecule has 1 amide bonds. The summed E-state index contributed by atoms with van der Waals surface area (Å²) in [6.45, 7) is 5.64. The van der Waals surface area contributed by atoms with Gasteiger partial charge >= 0.3 is 0 Å². The largest absolute Gasteiger partial charge is 0.300 e. The SMILES string of the molecule is CCc1c(C)nc2n(c1=O)C(CC(=O)Nc1nnc(C)s1)CS2. The van der Waals surface area contributed by atoms with Crippen molar-refractivity contribution in [3.05, 3.63) is 26.6 Å². The van der Waals surface area contributed by atoms with Gasteiger partial charge in [-0.1, -0.05) is 30.0 Å². The minimum atomic E-state index is -0.171. The van der Waals surface area contributed by atoms with E-state index in [2.05, 4.69) is 20.5 Å². The van der Waals surface area contributed by atoms with Gasteiger partial charge in [0.05, 0.1) is 6.04 Å². The van der Waals surface area contributed by atoms with E-state index < -0.39 is 0 Å². The quantitative estimate of drug-likeness (QED) is 0.847. The van der Waals surface area contributed by atoms with Crippen LogP contribution in [0.3, 0.4) is 0 Å². The Balaban J connectivity index is 1.80. The van der Waals surface area contributed by atoms with Crippen molar-refractivity contribution >= 4 is 34.1 Å². The minimum Gasteiger partial charge on any atom is -0.300 e. The minimum absolute atomic E-state index is 0.0236.